The highest BCUT2D eigenvalue weighted by atomic mass is 19.4. The molecule has 0 spiro atoms. The van der Waals surface area contributed by atoms with Crippen LogP contribution in [0.25, 0.3) is 0 Å². The summed E-state index contributed by atoms with van der Waals surface area (Å²) in [5, 5.41) is 0. The van der Waals surface area contributed by atoms with Crippen LogP contribution in [0.2, 0.25) is 0 Å². The molecule has 1 aliphatic rings. The van der Waals surface area contributed by atoms with Crippen LogP contribution in [0.3, 0.4) is 0 Å². The maximum absolute atomic E-state index is 14.3. The molecule has 0 N–H and O–H groups in total. The van der Waals surface area contributed by atoms with Crippen molar-refractivity contribution in [2.45, 2.75) is 45.7 Å². The summed E-state index contributed by atoms with van der Waals surface area (Å²) >= 11 is 0. The zero-order chi connectivity index (χ0) is 18.4. The number of aryl methyl sites for hydroxylation is 1. The van der Waals surface area contributed by atoms with E-state index >= 15 is 0 Å². The molecule has 25 heavy (non-hydrogen) atoms. The first-order valence-corrected chi connectivity index (χ1v) is 8.69. The third-order valence-corrected chi connectivity index (χ3v) is 4.50. The van der Waals surface area contributed by atoms with E-state index in [1.807, 2.05) is 13.0 Å². The average Bonchev–Trinajstić information content (AvgIpc) is 2.55. The lowest BCUT2D eigenvalue weighted by Gasteiger charge is -2.22. The van der Waals surface area contributed by atoms with Crippen LogP contribution in [0.5, 0.6) is 5.75 Å². The van der Waals surface area contributed by atoms with E-state index in [9.17, 15) is 17.6 Å². The molecule has 0 radical (unpaired) electrons. The lowest BCUT2D eigenvalue weighted by molar-refractivity contribution is -0.140. The summed E-state index contributed by atoms with van der Waals surface area (Å²) in [4.78, 5) is 0. The number of hydrogen-bond donors (Lipinski definition) is 0. The fourth-order valence-electron chi connectivity index (χ4n) is 3.27. The van der Waals surface area contributed by atoms with Gasteiger partial charge in [-0.05, 0) is 63.0 Å². The Hall–Kier alpha value is -1.78. The predicted octanol–water partition coefficient (Wildman–Crippen LogP) is 6.33. The van der Waals surface area contributed by atoms with Crippen molar-refractivity contribution in [2.24, 2.45) is 11.8 Å². The van der Waals surface area contributed by atoms with Crippen molar-refractivity contribution in [3.05, 3.63) is 53.4 Å². The minimum atomic E-state index is -4.73. The van der Waals surface area contributed by atoms with Gasteiger partial charge < -0.3 is 4.74 Å². The lowest BCUT2D eigenvalue weighted by Crippen LogP contribution is -2.15. The van der Waals surface area contributed by atoms with Gasteiger partial charge in [0.15, 0.2) is 11.6 Å². The largest absolute Gasteiger partial charge is 0.491 e. The van der Waals surface area contributed by atoms with E-state index in [-0.39, 0.29) is 30.3 Å². The van der Waals surface area contributed by atoms with Crippen LogP contribution in [0.1, 0.15) is 44.2 Å². The second-order valence-corrected chi connectivity index (χ2v) is 6.29. The van der Waals surface area contributed by atoms with Gasteiger partial charge in [-0.25, -0.2) is 4.39 Å². The van der Waals surface area contributed by atoms with Crippen LogP contribution in [0.4, 0.5) is 17.6 Å². The number of alkyl halides is 3. The SMILES string of the molecule is C/C=C/C1C=CC(CCc2ccc(OCC)c(F)c2C(F)(F)F)CC1. The van der Waals surface area contributed by atoms with E-state index in [0.29, 0.717) is 12.3 Å². The fraction of sp³-hybridized carbons (Fsp3) is 0.500. The summed E-state index contributed by atoms with van der Waals surface area (Å²) in [7, 11) is 0. The smallest absolute Gasteiger partial charge is 0.419 e. The van der Waals surface area contributed by atoms with Crippen molar-refractivity contribution < 1.29 is 22.3 Å². The molecule has 2 unspecified atom stereocenters. The van der Waals surface area contributed by atoms with Gasteiger partial charge in [-0.3, -0.25) is 0 Å². The van der Waals surface area contributed by atoms with E-state index in [0.717, 1.165) is 12.8 Å². The molecular weight excluding hydrogens is 332 g/mol. The maximum atomic E-state index is 14.3. The minimum Gasteiger partial charge on any atom is -0.491 e. The van der Waals surface area contributed by atoms with Gasteiger partial charge in [-0.15, -0.1) is 0 Å². The molecular formula is C20H24F4O. The molecule has 0 heterocycles. The zero-order valence-electron chi connectivity index (χ0n) is 14.6. The molecule has 138 valence electrons. The number of benzene rings is 1. The monoisotopic (exact) mass is 356 g/mol. The second kappa shape index (κ2) is 8.54. The predicted molar refractivity (Wildman–Crippen MR) is 91.1 cm³/mol. The van der Waals surface area contributed by atoms with Gasteiger partial charge in [0.1, 0.15) is 0 Å². The highest BCUT2D eigenvalue weighted by Gasteiger charge is 2.38. The summed E-state index contributed by atoms with van der Waals surface area (Å²) in [6, 6.07) is 2.63. The Kier molecular flexibility index (Phi) is 6.68. The molecule has 0 aromatic heterocycles. The zero-order valence-corrected chi connectivity index (χ0v) is 14.6. The van der Waals surface area contributed by atoms with Crippen molar-refractivity contribution in [3.8, 4) is 5.75 Å². The van der Waals surface area contributed by atoms with Crippen LogP contribution < -0.4 is 4.74 Å². The quantitative estimate of drug-likeness (QED) is 0.427. The van der Waals surface area contributed by atoms with Crippen LogP contribution in [-0.4, -0.2) is 6.61 Å². The van der Waals surface area contributed by atoms with Crippen molar-refractivity contribution in [3.63, 3.8) is 0 Å². The fourth-order valence-corrected chi connectivity index (χ4v) is 3.27. The molecule has 0 saturated heterocycles. The molecule has 2 rings (SSSR count). The Morgan fingerprint density at radius 1 is 1.20 bits per heavy atom. The Morgan fingerprint density at radius 2 is 1.96 bits per heavy atom. The van der Waals surface area contributed by atoms with Crippen LogP contribution in [0.15, 0.2) is 36.4 Å². The van der Waals surface area contributed by atoms with Gasteiger partial charge >= 0.3 is 6.18 Å². The first kappa shape index (κ1) is 19.5. The van der Waals surface area contributed by atoms with Crippen LogP contribution in [0, 0.1) is 17.7 Å². The van der Waals surface area contributed by atoms with Gasteiger partial charge in [0.25, 0.3) is 0 Å². The summed E-state index contributed by atoms with van der Waals surface area (Å²) in [6.45, 7) is 3.70. The van der Waals surface area contributed by atoms with E-state index in [2.05, 4.69) is 18.2 Å². The number of allylic oxidation sites excluding steroid dienone is 4. The van der Waals surface area contributed by atoms with Crippen LogP contribution in [-0.2, 0) is 12.6 Å². The summed E-state index contributed by atoms with van der Waals surface area (Å²) in [5.74, 6) is -1.00. The van der Waals surface area contributed by atoms with Gasteiger partial charge in [0.05, 0.1) is 12.2 Å². The summed E-state index contributed by atoms with van der Waals surface area (Å²) in [6.07, 6.45) is 6.29. The molecule has 1 aromatic rings. The van der Waals surface area contributed by atoms with Crippen molar-refractivity contribution >= 4 is 0 Å². The molecule has 0 bridgehead atoms. The number of ether oxygens (including phenoxy) is 1. The summed E-state index contributed by atoms with van der Waals surface area (Å²) in [5.41, 5.74) is -1.19. The van der Waals surface area contributed by atoms with E-state index in [1.54, 1.807) is 6.92 Å². The van der Waals surface area contributed by atoms with Gasteiger partial charge in [0, 0.05) is 0 Å². The van der Waals surface area contributed by atoms with E-state index in [4.69, 9.17) is 4.74 Å². The first-order chi connectivity index (χ1) is 11.9. The minimum absolute atomic E-state index is 0.00238. The third-order valence-electron chi connectivity index (χ3n) is 4.50. The molecule has 0 aliphatic heterocycles. The van der Waals surface area contributed by atoms with Gasteiger partial charge in [0.2, 0.25) is 0 Å². The van der Waals surface area contributed by atoms with Crippen molar-refractivity contribution in [1.82, 2.24) is 0 Å². The molecule has 0 amide bonds. The molecule has 0 fully saturated rings. The van der Waals surface area contributed by atoms with Crippen LogP contribution >= 0.6 is 0 Å². The normalized spacial score (nSPS) is 21.0. The Bertz CT molecular complexity index is 631. The second-order valence-electron chi connectivity index (χ2n) is 6.29. The van der Waals surface area contributed by atoms with Crippen molar-refractivity contribution in [2.75, 3.05) is 6.61 Å². The van der Waals surface area contributed by atoms with Crippen molar-refractivity contribution in [1.29, 1.82) is 0 Å². The van der Waals surface area contributed by atoms with Gasteiger partial charge in [-0.2, -0.15) is 13.2 Å². The topological polar surface area (TPSA) is 9.23 Å². The highest BCUT2D eigenvalue weighted by Crippen LogP contribution is 2.39. The highest BCUT2D eigenvalue weighted by molar-refractivity contribution is 5.39. The Morgan fingerprint density at radius 3 is 2.52 bits per heavy atom. The first-order valence-electron chi connectivity index (χ1n) is 8.69. The number of halogens is 4. The van der Waals surface area contributed by atoms with Gasteiger partial charge in [-0.1, -0.05) is 30.4 Å². The molecule has 0 saturated carbocycles. The third kappa shape index (κ3) is 5.10. The van der Waals surface area contributed by atoms with E-state index in [1.165, 1.54) is 12.1 Å². The maximum Gasteiger partial charge on any atom is 0.419 e. The molecule has 5 heteroatoms. The average molecular weight is 356 g/mol. The molecule has 2 atom stereocenters. The number of hydrogen-bond acceptors (Lipinski definition) is 1. The lowest BCUT2D eigenvalue weighted by atomic mass is 9.84. The molecule has 1 nitrogen and oxygen atoms in total. The Labute approximate surface area is 146 Å². The standard InChI is InChI=1S/C20H24F4O/c1-3-5-14-6-8-15(9-7-14)10-11-16-12-13-17(25-4-2)19(21)18(16)20(22,23)24/h3,5-6,8,12-15H,4,7,9-11H2,1-2H3/b5-3+. The number of rotatable bonds is 6. The van der Waals surface area contributed by atoms with E-state index < -0.39 is 17.6 Å². The molecule has 1 aliphatic carbocycles. The molecule has 1 aromatic carbocycles. The summed E-state index contributed by atoms with van der Waals surface area (Å²) < 4.78 is 59.2. The Balaban J connectivity index is 2.14.